The quantitative estimate of drug-likeness (QED) is 0.254. The highest BCUT2D eigenvalue weighted by molar-refractivity contribution is 5.99. The summed E-state index contributed by atoms with van der Waals surface area (Å²) < 4.78 is 22.3. The number of hydrogen-bond acceptors (Lipinski definition) is 8. The van der Waals surface area contributed by atoms with Crippen molar-refractivity contribution >= 4 is 17.7 Å². The van der Waals surface area contributed by atoms with E-state index in [4.69, 9.17) is 18.9 Å². The van der Waals surface area contributed by atoms with E-state index >= 15 is 0 Å². The molecule has 0 bridgehead atoms. The predicted octanol–water partition coefficient (Wildman–Crippen LogP) is 4.85. The minimum Gasteiger partial charge on any atom is -0.493 e. The van der Waals surface area contributed by atoms with Crippen molar-refractivity contribution in [2.24, 2.45) is 5.92 Å². The van der Waals surface area contributed by atoms with Crippen LogP contribution in [-0.2, 0) is 20.7 Å². The van der Waals surface area contributed by atoms with Gasteiger partial charge in [-0.3, -0.25) is 14.4 Å². The minimum atomic E-state index is -0.784. The molecule has 2 aromatic carbocycles. The van der Waals surface area contributed by atoms with Crippen LogP contribution < -0.4 is 14.2 Å². The molecule has 194 valence electrons. The lowest BCUT2D eigenvalue weighted by Crippen LogP contribution is -2.37. The van der Waals surface area contributed by atoms with Gasteiger partial charge in [0.15, 0.2) is 17.2 Å². The summed E-state index contributed by atoms with van der Waals surface area (Å²) in [7, 11) is 1.39. The van der Waals surface area contributed by atoms with Crippen LogP contribution in [0.15, 0.2) is 72.9 Å². The molecule has 0 aliphatic rings. The fourth-order valence-corrected chi connectivity index (χ4v) is 3.70. The van der Waals surface area contributed by atoms with Crippen LogP contribution in [0.5, 0.6) is 17.2 Å². The number of benzene rings is 2. The Labute approximate surface area is 216 Å². The van der Waals surface area contributed by atoms with Gasteiger partial charge in [0.05, 0.1) is 13.0 Å². The van der Waals surface area contributed by atoms with Crippen LogP contribution in [0.4, 0.5) is 0 Å². The van der Waals surface area contributed by atoms with E-state index in [0.717, 1.165) is 5.56 Å². The number of carbonyl (C=O) groups excluding carboxylic acids is 3. The molecule has 3 rings (SSSR count). The molecule has 8 nitrogen and oxygen atoms in total. The molecule has 8 heteroatoms. The topological polar surface area (TPSA) is 101 Å². The van der Waals surface area contributed by atoms with Gasteiger partial charge in [-0.05, 0) is 24.6 Å². The zero-order chi connectivity index (χ0) is 26.8. The third kappa shape index (κ3) is 7.90. The largest absolute Gasteiger partial charge is 0.493 e. The number of nitrogens with zero attached hydrogens (tertiary/aromatic N) is 1. The maximum atomic E-state index is 13.1. The van der Waals surface area contributed by atoms with E-state index in [2.05, 4.69) is 4.98 Å². The molecule has 0 saturated heterocycles. The Morgan fingerprint density at radius 2 is 1.57 bits per heavy atom. The van der Waals surface area contributed by atoms with Gasteiger partial charge < -0.3 is 18.9 Å². The van der Waals surface area contributed by atoms with Crippen molar-refractivity contribution in [2.45, 2.75) is 45.8 Å². The van der Waals surface area contributed by atoms with Crippen molar-refractivity contribution in [3.8, 4) is 17.2 Å². The normalized spacial score (nSPS) is 13.1. The summed E-state index contributed by atoms with van der Waals surface area (Å²) in [5, 5.41) is 0. The van der Waals surface area contributed by atoms with Crippen LogP contribution in [0.1, 0.15) is 43.2 Å². The number of rotatable bonds is 12. The molecule has 3 atom stereocenters. The number of para-hydroxylation sites is 1. The highest BCUT2D eigenvalue weighted by Gasteiger charge is 2.29. The Hall–Kier alpha value is -4.20. The fraction of sp³-hybridized carbons (Fsp3) is 0.310. The lowest BCUT2D eigenvalue weighted by molar-refractivity contribution is -0.157. The zero-order valence-corrected chi connectivity index (χ0v) is 21.4. The number of Topliss-reactive ketones (excluding diaryl/α,β-unsaturated/α-hetero) is 1. The highest BCUT2D eigenvalue weighted by Crippen LogP contribution is 2.31. The molecule has 1 aromatic heterocycles. The first-order valence-electron chi connectivity index (χ1n) is 12.0. The number of ether oxygens (including phenoxy) is 4. The van der Waals surface area contributed by atoms with Crippen molar-refractivity contribution in [2.75, 3.05) is 7.11 Å². The number of hydrogen-bond donors (Lipinski definition) is 0. The van der Waals surface area contributed by atoms with E-state index in [1.807, 2.05) is 67.6 Å². The van der Waals surface area contributed by atoms with Crippen LogP contribution in [0.25, 0.3) is 0 Å². The summed E-state index contributed by atoms with van der Waals surface area (Å²) in [6.07, 6.45) is 0.569. The first-order chi connectivity index (χ1) is 17.8. The van der Waals surface area contributed by atoms with Crippen LogP contribution >= 0.6 is 0 Å². The van der Waals surface area contributed by atoms with Gasteiger partial charge in [-0.15, -0.1) is 0 Å². The number of esters is 2. The fourth-order valence-electron chi connectivity index (χ4n) is 3.70. The summed E-state index contributed by atoms with van der Waals surface area (Å²) in [4.78, 5) is 41.7. The number of methoxy groups -OCH3 is 1. The van der Waals surface area contributed by atoms with Crippen molar-refractivity contribution in [3.63, 3.8) is 0 Å². The number of pyridine rings is 1. The van der Waals surface area contributed by atoms with Crippen molar-refractivity contribution in [1.82, 2.24) is 4.98 Å². The smallest absolute Gasteiger partial charge is 0.309 e. The number of ketones is 1. The van der Waals surface area contributed by atoms with Gasteiger partial charge in [-0.2, -0.15) is 0 Å². The molecule has 37 heavy (non-hydrogen) atoms. The van der Waals surface area contributed by atoms with Gasteiger partial charge in [-0.1, -0.05) is 55.5 Å². The first kappa shape index (κ1) is 27.4. The van der Waals surface area contributed by atoms with E-state index < -0.39 is 35.8 Å². The average molecular weight is 506 g/mol. The summed E-state index contributed by atoms with van der Waals surface area (Å²) in [6, 6.07) is 20.4. The van der Waals surface area contributed by atoms with Crippen molar-refractivity contribution in [3.05, 3.63) is 84.2 Å². The molecule has 0 N–H and O–H groups in total. The van der Waals surface area contributed by atoms with Gasteiger partial charge in [0.1, 0.15) is 18.0 Å². The Kier molecular flexibility index (Phi) is 9.77. The van der Waals surface area contributed by atoms with Gasteiger partial charge in [0.2, 0.25) is 5.75 Å². The van der Waals surface area contributed by atoms with Crippen LogP contribution in [0.3, 0.4) is 0 Å². The monoisotopic (exact) mass is 505 g/mol. The van der Waals surface area contributed by atoms with E-state index in [1.165, 1.54) is 26.3 Å². The van der Waals surface area contributed by atoms with Gasteiger partial charge >= 0.3 is 11.9 Å². The molecule has 3 aromatic rings. The second-order valence-electron chi connectivity index (χ2n) is 8.61. The minimum absolute atomic E-state index is 0.0742. The summed E-state index contributed by atoms with van der Waals surface area (Å²) >= 11 is 0. The third-order valence-corrected chi connectivity index (χ3v) is 5.63. The predicted molar refractivity (Wildman–Crippen MR) is 137 cm³/mol. The molecule has 0 aliphatic heterocycles. The van der Waals surface area contributed by atoms with Gasteiger partial charge in [0, 0.05) is 32.0 Å². The molecule has 0 saturated carbocycles. The van der Waals surface area contributed by atoms with Crippen LogP contribution in [0.2, 0.25) is 0 Å². The first-order valence-corrected chi connectivity index (χ1v) is 12.0. The Bertz CT molecular complexity index is 1200. The Balaban J connectivity index is 1.74. The standard InChI is InChI=1S/C29H31NO7/c1-19(17-24(32)27-28(36-21(3)31)25(34-4)15-16-30-27)29(33)37-26(18-22-11-7-5-8-12-22)20(2)35-23-13-9-6-10-14-23/h5-16,19-20,26H,17-18H2,1-4H3/t19-,20+,26-/m1/s1. The summed E-state index contributed by atoms with van der Waals surface area (Å²) in [6.45, 7) is 4.66. The maximum absolute atomic E-state index is 13.1. The average Bonchev–Trinajstić information content (AvgIpc) is 2.89. The van der Waals surface area contributed by atoms with Crippen molar-refractivity contribution < 1.29 is 33.3 Å². The van der Waals surface area contributed by atoms with Gasteiger partial charge in [-0.25, -0.2) is 4.98 Å². The van der Waals surface area contributed by atoms with Crippen LogP contribution in [-0.4, -0.2) is 42.0 Å². The number of carbonyl (C=O) groups is 3. The molecule has 0 spiro atoms. The second kappa shape index (κ2) is 13.2. The SMILES string of the molecule is COc1ccnc(C(=O)C[C@@H](C)C(=O)O[C@H](Cc2ccccc2)[C@H](C)Oc2ccccc2)c1OC(C)=O. The lowest BCUT2D eigenvalue weighted by atomic mass is 10.0. The molecular formula is C29H31NO7. The maximum Gasteiger partial charge on any atom is 0.309 e. The highest BCUT2D eigenvalue weighted by atomic mass is 16.6. The molecule has 0 radical (unpaired) electrons. The van der Waals surface area contributed by atoms with Crippen LogP contribution in [0, 0.1) is 5.92 Å². The zero-order valence-electron chi connectivity index (χ0n) is 21.4. The van der Waals surface area contributed by atoms with Crippen molar-refractivity contribution in [1.29, 1.82) is 0 Å². The molecule has 0 fully saturated rings. The third-order valence-electron chi connectivity index (χ3n) is 5.63. The Morgan fingerprint density at radius 1 is 0.919 bits per heavy atom. The van der Waals surface area contributed by atoms with E-state index in [-0.39, 0.29) is 23.6 Å². The lowest BCUT2D eigenvalue weighted by Gasteiger charge is -2.26. The van der Waals surface area contributed by atoms with E-state index in [0.29, 0.717) is 12.2 Å². The molecule has 0 unspecified atom stereocenters. The second-order valence-corrected chi connectivity index (χ2v) is 8.61. The summed E-state index contributed by atoms with van der Waals surface area (Å²) in [5.74, 6) is -1.65. The van der Waals surface area contributed by atoms with E-state index in [9.17, 15) is 14.4 Å². The summed E-state index contributed by atoms with van der Waals surface area (Å²) in [5.41, 5.74) is 0.898. The number of aromatic nitrogens is 1. The van der Waals surface area contributed by atoms with Gasteiger partial charge in [0.25, 0.3) is 0 Å². The molecular weight excluding hydrogens is 474 g/mol. The molecule has 0 amide bonds. The molecule has 0 aliphatic carbocycles. The van der Waals surface area contributed by atoms with E-state index in [1.54, 1.807) is 6.92 Å². The molecule has 1 heterocycles. The Morgan fingerprint density at radius 3 is 2.19 bits per heavy atom.